The van der Waals surface area contributed by atoms with Gasteiger partial charge in [-0.05, 0) is 17.7 Å². The van der Waals surface area contributed by atoms with Gasteiger partial charge in [0.25, 0.3) is 0 Å². The summed E-state index contributed by atoms with van der Waals surface area (Å²) in [4.78, 5) is 16.0. The van der Waals surface area contributed by atoms with Gasteiger partial charge in [-0.1, -0.05) is 48.0 Å². The van der Waals surface area contributed by atoms with Crippen LogP contribution in [-0.2, 0) is 6.54 Å². The Kier molecular flexibility index (Phi) is 4.76. The summed E-state index contributed by atoms with van der Waals surface area (Å²) in [6.07, 6.45) is 0.855. The van der Waals surface area contributed by atoms with Crippen molar-refractivity contribution in [3.63, 3.8) is 0 Å². The average Bonchev–Trinajstić information content (AvgIpc) is 2.56. The van der Waals surface area contributed by atoms with E-state index in [9.17, 15) is 4.79 Å². The first-order chi connectivity index (χ1) is 10.8. The molecule has 0 aromatic heterocycles. The molecule has 114 valence electrons. The molecule has 0 atom stereocenters. The number of carbonyl (C=O) groups is 1. The lowest BCUT2D eigenvalue weighted by Gasteiger charge is -2.36. The third-order valence-corrected chi connectivity index (χ3v) is 4.44. The Balaban J connectivity index is 1.65. The van der Waals surface area contributed by atoms with E-state index in [2.05, 4.69) is 34.1 Å². The minimum absolute atomic E-state index is 0.527. The van der Waals surface area contributed by atoms with Crippen LogP contribution in [0.3, 0.4) is 0 Å². The number of benzene rings is 2. The lowest BCUT2D eigenvalue weighted by Crippen LogP contribution is -2.46. The average molecular weight is 315 g/mol. The van der Waals surface area contributed by atoms with Crippen LogP contribution in [0.1, 0.15) is 15.9 Å². The summed E-state index contributed by atoms with van der Waals surface area (Å²) in [6.45, 7) is 4.77. The van der Waals surface area contributed by atoms with Crippen molar-refractivity contribution in [3.05, 3.63) is 64.7 Å². The van der Waals surface area contributed by atoms with Crippen LogP contribution in [0.2, 0.25) is 5.02 Å². The first-order valence-electron chi connectivity index (χ1n) is 7.53. The van der Waals surface area contributed by atoms with E-state index in [0.29, 0.717) is 10.6 Å². The van der Waals surface area contributed by atoms with E-state index in [1.54, 1.807) is 6.07 Å². The molecule has 0 bridgehead atoms. The molecule has 0 spiro atoms. The van der Waals surface area contributed by atoms with Gasteiger partial charge < -0.3 is 4.90 Å². The van der Waals surface area contributed by atoms with Crippen LogP contribution >= 0.6 is 11.6 Å². The van der Waals surface area contributed by atoms with Gasteiger partial charge in [-0.15, -0.1) is 0 Å². The highest BCUT2D eigenvalue weighted by Crippen LogP contribution is 2.27. The molecule has 0 N–H and O–H groups in total. The zero-order valence-corrected chi connectivity index (χ0v) is 13.2. The van der Waals surface area contributed by atoms with Gasteiger partial charge in [0.1, 0.15) is 0 Å². The van der Waals surface area contributed by atoms with Crippen molar-refractivity contribution in [2.24, 2.45) is 0 Å². The number of hydrogen-bond acceptors (Lipinski definition) is 3. The summed E-state index contributed by atoms with van der Waals surface area (Å²) in [7, 11) is 0. The predicted molar refractivity (Wildman–Crippen MR) is 90.8 cm³/mol. The van der Waals surface area contributed by atoms with Crippen LogP contribution in [0.4, 0.5) is 5.69 Å². The summed E-state index contributed by atoms with van der Waals surface area (Å²) < 4.78 is 0. The number of rotatable bonds is 4. The van der Waals surface area contributed by atoms with Gasteiger partial charge in [0, 0.05) is 38.4 Å². The molecule has 1 aliphatic heterocycles. The van der Waals surface area contributed by atoms with Crippen molar-refractivity contribution in [1.29, 1.82) is 0 Å². The van der Waals surface area contributed by atoms with E-state index in [-0.39, 0.29) is 0 Å². The van der Waals surface area contributed by atoms with Gasteiger partial charge in [-0.2, -0.15) is 0 Å². The quantitative estimate of drug-likeness (QED) is 0.807. The molecule has 0 saturated carbocycles. The van der Waals surface area contributed by atoms with Crippen molar-refractivity contribution in [1.82, 2.24) is 4.90 Å². The lowest BCUT2D eigenvalue weighted by molar-refractivity contribution is 0.112. The van der Waals surface area contributed by atoms with E-state index in [0.717, 1.165) is 44.7 Å². The molecule has 0 radical (unpaired) electrons. The molecule has 0 amide bonds. The van der Waals surface area contributed by atoms with E-state index in [4.69, 9.17) is 11.6 Å². The maximum absolute atomic E-state index is 11.3. The van der Waals surface area contributed by atoms with E-state index < -0.39 is 0 Å². The molecule has 4 heteroatoms. The predicted octanol–water partition coefficient (Wildman–Crippen LogP) is 3.47. The lowest BCUT2D eigenvalue weighted by atomic mass is 10.1. The summed E-state index contributed by atoms with van der Waals surface area (Å²) in [5, 5.41) is 0.527. The molecule has 2 aromatic rings. The maximum Gasteiger partial charge on any atom is 0.153 e. The molecule has 1 fully saturated rings. The molecule has 0 aliphatic carbocycles. The first kappa shape index (κ1) is 15.1. The number of halogens is 1. The fourth-order valence-electron chi connectivity index (χ4n) is 2.91. The fraction of sp³-hybridized carbons (Fsp3) is 0.278. The van der Waals surface area contributed by atoms with Gasteiger partial charge >= 0.3 is 0 Å². The Bertz CT molecular complexity index is 637. The van der Waals surface area contributed by atoms with E-state index >= 15 is 0 Å². The number of piperazine rings is 1. The second-order valence-electron chi connectivity index (χ2n) is 5.54. The van der Waals surface area contributed by atoms with Gasteiger partial charge in [0.15, 0.2) is 6.29 Å². The number of carbonyl (C=O) groups excluding carboxylic acids is 1. The Morgan fingerprint density at radius 2 is 1.68 bits per heavy atom. The van der Waals surface area contributed by atoms with Crippen LogP contribution in [0.5, 0.6) is 0 Å². The summed E-state index contributed by atoms with van der Waals surface area (Å²) in [5.74, 6) is 0. The first-order valence-corrected chi connectivity index (χ1v) is 7.90. The molecule has 0 unspecified atom stereocenters. The van der Waals surface area contributed by atoms with Crippen molar-refractivity contribution in [2.45, 2.75) is 6.54 Å². The topological polar surface area (TPSA) is 23.6 Å². The maximum atomic E-state index is 11.3. The zero-order chi connectivity index (χ0) is 15.4. The molecule has 1 saturated heterocycles. The monoisotopic (exact) mass is 314 g/mol. The minimum Gasteiger partial charge on any atom is -0.368 e. The summed E-state index contributed by atoms with van der Waals surface area (Å²) in [6, 6.07) is 16.2. The van der Waals surface area contributed by atoms with Crippen molar-refractivity contribution < 1.29 is 4.79 Å². The Labute approximate surface area is 136 Å². The normalized spacial score (nSPS) is 15.8. The van der Waals surface area contributed by atoms with Crippen LogP contribution < -0.4 is 4.90 Å². The molecule has 3 rings (SSSR count). The third-order valence-electron chi connectivity index (χ3n) is 4.11. The fourth-order valence-corrected chi connectivity index (χ4v) is 3.12. The Morgan fingerprint density at radius 3 is 2.36 bits per heavy atom. The van der Waals surface area contributed by atoms with Gasteiger partial charge in [0.05, 0.1) is 10.6 Å². The number of anilines is 1. The van der Waals surface area contributed by atoms with Crippen LogP contribution in [0.25, 0.3) is 0 Å². The zero-order valence-electron chi connectivity index (χ0n) is 12.4. The standard InChI is InChI=1S/C18H19ClN2O/c19-17-7-4-8-18(16(17)14-22)21-11-9-20(10-12-21)13-15-5-2-1-3-6-15/h1-8,14H,9-13H2. The Morgan fingerprint density at radius 1 is 0.955 bits per heavy atom. The largest absolute Gasteiger partial charge is 0.368 e. The van der Waals surface area contributed by atoms with Crippen molar-refractivity contribution >= 4 is 23.6 Å². The van der Waals surface area contributed by atoms with E-state index in [1.165, 1.54) is 5.56 Å². The van der Waals surface area contributed by atoms with Gasteiger partial charge in [-0.25, -0.2) is 0 Å². The highest BCUT2D eigenvalue weighted by Gasteiger charge is 2.20. The number of hydrogen-bond donors (Lipinski definition) is 0. The SMILES string of the molecule is O=Cc1c(Cl)cccc1N1CCN(Cc2ccccc2)CC1. The van der Waals surface area contributed by atoms with E-state index in [1.807, 2.05) is 18.2 Å². The van der Waals surface area contributed by atoms with Gasteiger partial charge in [0.2, 0.25) is 0 Å². The highest BCUT2D eigenvalue weighted by atomic mass is 35.5. The highest BCUT2D eigenvalue weighted by molar-refractivity contribution is 6.33. The van der Waals surface area contributed by atoms with Crippen molar-refractivity contribution in [2.75, 3.05) is 31.1 Å². The smallest absolute Gasteiger partial charge is 0.153 e. The molecular weight excluding hydrogens is 296 g/mol. The molecule has 1 heterocycles. The van der Waals surface area contributed by atoms with Crippen LogP contribution in [0.15, 0.2) is 48.5 Å². The molecule has 2 aromatic carbocycles. The number of aldehydes is 1. The molecule has 22 heavy (non-hydrogen) atoms. The summed E-state index contributed by atoms with van der Waals surface area (Å²) in [5.41, 5.74) is 2.88. The minimum atomic E-state index is 0.527. The van der Waals surface area contributed by atoms with Gasteiger partial charge in [-0.3, -0.25) is 9.69 Å². The van der Waals surface area contributed by atoms with Crippen LogP contribution in [-0.4, -0.2) is 37.4 Å². The second kappa shape index (κ2) is 6.95. The number of nitrogens with zero attached hydrogens (tertiary/aromatic N) is 2. The van der Waals surface area contributed by atoms with Crippen LogP contribution in [0, 0.1) is 0 Å². The van der Waals surface area contributed by atoms with Crippen molar-refractivity contribution in [3.8, 4) is 0 Å². The molecule has 3 nitrogen and oxygen atoms in total. The second-order valence-corrected chi connectivity index (χ2v) is 5.95. The Hall–Kier alpha value is -1.84. The summed E-state index contributed by atoms with van der Waals surface area (Å²) >= 11 is 6.12. The molecule has 1 aliphatic rings. The third kappa shape index (κ3) is 3.32. The molecular formula is C18H19ClN2O.